The number of carbonyl (C=O) groups is 1. The topological polar surface area (TPSA) is 92.6 Å². The summed E-state index contributed by atoms with van der Waals surface area (Å²) in [6.07, 6.45) is 1.25. The van der Waals surface area contributed by atoms with Crippen molar-refractivity contribution < 1.29 is 18.7 Å². The van der Waals surface area contributed by atoms with E-state index in [2.05, 4.69) is 28.9 Å². The van der Waals surface area contributed by atoms with Gasteiger partial charge in [-0.05, 0) is 84.5 Å². The van der Waals surface area contributed by atoms with E-state index in [1.54, 1.807) is 12.1 Å². The molecule has 7 rings (SSSR count). The molecule has 216 valence electrons. The van der Waals surface area contributed by atoms with Crippen LogP contribution in [0, 0.1) is 13.8 Å². The minimum atomic E-state index is -0.275. The molecular formula is C34H27Cl2N3O4. The maximum Gasteiger partial charge on any atom is 0.227 e. The first-order chi connectivity index (χ1) is 20.8. The Morgan fingerprint density at radius 3 is 1.98 bits per heavy atom. The predicted molar refractivity (Wildman–Crippen MR) is 169 cm³/mol. The minimum absolute atomic E-state index is 0.275. The lowest BCUT2D eigenvalue weighted by atomic mass is 9.91. The van der Waals surface area contributed by atoms with Crippen molar-refractivity contribution in [2.24, 2.45) is 0 Å². The zero-order chi connectivity index (χ0) is 29.8. The average molecular weight is 613 g/mol. The van der Waals surface area contributed by atoms with E-state index in [1.807, 2.05) is 43.3 Å². The quantitative estimate of drug-likeness (QED) is 0.189. The second-order valence-electron chi connectivity index (χ2n) is 11.1. The SMILES string of the molecule is Cc1c(-c2nc3cc(C=O)cc(Cl)c3o2)cccc1-c1cccc(-c2nc3cc(CN4CCC(O)C4)cc(Cl)c3o2)c1C. The first-order valence-electron chi connectivity index (χ1n) is 14.0. The standard InChI is InChI=1S/C34H27Cl2N3O4/c1-18-23(24-6-4-8-26(19(24)2)34-38-30-14-21(17-40)12-28(36)32(30)43-34)5-3-7-25(18)33-37-29-13-20(11-27(35)31(29)42-33)15-39-10-9-22(41)16-39/h3-8,11-14,17,22,41H,9-10,15-16H2,1-2H3. The number of benzene rings is 4. The van der Waals surface area contributed by atoms with Crippen molar-refractivity contribution in [2.75, 3.05) is 13.1 Å². The Kier molecular flexibility index (Phi) is 7.06. The van der Waals surface area contributed by atoms with Gasteiger partial charge in [0.1, 0.15) is 17.3 Å². The Hall–Kier alpha value is -4.01. The lowest BCUT2D eigenvalue weighted by molar-refractivity contribution is 0.112. The highest BCUT2D eigenvalue weighted by Crippen LogP contribution is 2.39. The highest BCUT2D eigenvalue weighted by atomic mass is 35.5. The summed E-state index contributed by atoms with van der Waals surface area (Å²) in [6, 6.07) is 19.2. The van der Waals surface area contributed by atoms with Crippen molar-refractivity contribution in [3.05, 3.63) is 93.0 Å². The van der Waals surface area contributed by atoms with Crippen LogP contribution in [0.25, 0.3) is 56.2 Å². The largest absolute Gasteiger partial charge is 0.434 e. The van der Waals surface area contributed by atoms with Crippen molar-refractivity contribution in [3.63, 3.8) is 0 Å². The van der Waals surface area contributed by atoms with Crippen LogP contribution in [0.2, 0.25) is 10.0 Å². The molecular weight excluding hydrogens is 585 g/mol. The van der Waals surface area contributed by atoms with E-state index >= 15 is 0 Å². The third kappa shape index (κ3) is 5.02. The highest BCUT2D eigenvalue weighted by molar-refractivity contribution is 6.35. The lowest BCUT2D eigenvalue weighted by Crippen LogP contribution is -2.21. The summed E-state index contributed by atoms with van der Waals surface area (Å²) in [5, 5.41) is 10.8. The monoisotopic (exact) mass is 611 g/mol. The fraction of sp³-hybridized carbons (Fsp3) is 0.206. The van der Waals surface area contributed by atoms with Crippen LogP contribution < -0.4 is 0 Å². The van der Waals surface area contributed by atoms with Gasteiger partial charge in [0.2, 0.25) is 11.8 Å². The second-order valence-corrected chi connectivity index (χ2v) is 11.9. The first kappa shape index (κ1) is 27.8. The molecule has 9 heteroatoms. The molecule has 0 saturated carbocycles. The Balaban J connectivity index is 1.26. The van der Waals surface area contributed by atoms with E-state index in [4.69, 9.17) is 37.0 Å². The zero-order valence-electron chi connectivity index (χ0n) is 23.5. The van der Waals surface area contributed by atoms with Crippen LogP contribution in [-0.2, 0) is 6.54 Å². The van der Waals surface area contributed by atoms with Crippen LogP contribution in [0.1, 0.15) is 33.5 Å². The molecule has 4 aromatic carbocycles. The van der Waals surface area contributed by atoms with Crippen molar-refractivity contribution in [3.8, 4) is 34.0 Å². The van der Waals surface area contributed by atoms with Crippen molar-refractivity contribution in [1.29, 1.82) is 0 Å². The number of aliphatic hydroxyl groups is 1. The number of fused-ring (bicyclic) bond motifs is 2. The second kappa shape index (κ2) is 10.9. The van der Waals surface area contributed by atoms with E-state index in [1.165, 1.54) is 0 Å². The molecule has 0 aliphatic carbocycles. The summed E-state index contributed by atoms with van der Waals surface area (Å²) in [5.41, 5.74) is 9.44. The Labute approximate surface area is 257 Å². The van der Waals surface area contributed by atoms with Gasteiger partial charge in [-0.1, -0.05) is 47.5 Å². The third-order valence-electron chi connectivity index (χ3n) is 8.18. The van der Waals surface area contributed by atoms with Gasteiger partial charge in [0, 0.05) is 36.3 Å². The summed E-state index contributed by atoms with van der Waals surface area (Å²) in [6.45, 7) is 6.30. The molecule has 43 heavy (non-hydrogen) atoms. The van der Waals surface area contributed by atoms with E-state index in [9.17, 15) is 9.90 Å². The number of aliphatic hydroxyl groups excluding tert-OH is 1. The van der Waals surface area contributed by atoms with Gasteiger partial charge < -0.3 is 13.9 Å². The molecule has 0 spiro atoms. The maximum absolute atomic E-state index is 11.3. The molecule has 1 atom stereocenters. The van der Waals surface area contributed by atoms with Crippen LogP contribution in [0.15, 0.2) is 69.5 Å². The van der Waals surface area contributed by atoms with E-state index in [0.29, 0.717) is 62.7 Å². The van der Waals surface area contributed by atoms with Gasteiger partial charge in [-0.3, -0.25) is 9.69 Å². The van der Waals surface area contributed by atoms with Gasteiger partial charge in [0.25, 0.3) is 0 Å². The van der Waals surface area contributed by atoms with E-state index < -0.39 is 0 Å². The molecule has 7 nitrogen and oxygen atoms in total. The fourth-order valence-corrected chi connectivity index (χ4v) is 6.52. The number of nitrogens with zero attached hydrogens (tertiary/aromatic N) is 3. The Morgan fingerprint density at radius 2 is 1.42 bits per heavy atom. The van der Waals surface area contributed by atoms with Gasteiger partial charge in [-0.15, -0.1) is 0 Å². The summed E-state index contributed by atoms with van der Waals surface area (Å²) < 4.78 is 12.3. The molecule has 1 saturated heterocycles. The molecule has 1 unspecified atom stereocenters. The van der Waals surface area contributed by atoms with Crippen LogP contribution >= 0.6 is 23.2 Å². The minimum Gasteiger partial charge on any atom is -0.434 e. The van der Waals surface area contributed by atoms with Gasteiger partial charge in [0.05, 0.1) is 16.1 Å². The van der Waals surface area contributed by atoms with Gasteiger partial charge in [0.15, 0.2) is 11.2 Å². The lowest BCUT2D eigenvalue weighted by Gasteiger charge is -2.14. The normalized spacial score (nSPS) is 15.6. The molecule has 0 bridgehead atoms. The average Bonchev–Trinajstić information content (AvgIpc) is 3.72. The molecule has 3 heterocycles. The molecule has 1 fully saturated rings. The summed E-state index contributed by atoms with van der Waals surface area (Å²) in [5.74, 6) is 0.930. The Morgan fingerprint density at radius 1 is 0.860 bits per heavy atom. The number of carbonyl (C=O) groups excluding carboxylic acids is 1. The van der Waals surface area contributed by atoms with Gasteiger partial charge >= 0.3 is 0 Å². The molecule has 1 aliphatic heterocycles. The number of hydrogen-bond acceptors (Lipinski definition) is 7. The fourth-order valence-electron chi connectivity index (χ4n) is 5.98. The number of likely N-dealkylation sites (tertiary alicyclic amines) is 1. The third-order valence-corrected chi connectivity index (χ3v) is 8.74. The molecule has 0 amide bonds. The molecule has 2 aromatic heterocycles. The summed E-state index contributed by atoms with van der Waals surface area (Å²) in [7, 11) is 0. The van der Waals surface area contributed by atoms with Crippen molar-refractivity contribution >= 4 is 51.7 Å². The summed E-state index contributed by atoms with van der Waals surface area (Å²) in [4.78, 5) is 23.0. The molecule has 0 radical (unpaired) electrons. The molecule has 1 aliphatic rings. The maximum atomic E-state index is 11.3. The highest BCUT2D eigenvalue weighted by Gasteiger charge is 2.22. The van der Waals surface area contributed by atoms with Gasteiger partial charge in [-0.25, -0.2) is 9.97 Å². The number of hydrogen-bond donors (Lipinski definition) is 1. The zero-order valence-corrected chi connectivity index (χ0v) is 25.0. The number of aromatic nitrogens is 2. The van der Waals surface area contributed by atoms with Crippen LogP contribution in [0.4, 0.5) is 0 Å². The number of β-amino-alcohol motifs (C(OH)–C–C–N with tert-alkyl or cyclic N) is 1. The molecule has 1 N–H and O–H groups in total. The van der Waals surface area contributed by atoms with E-state index in [0.717, 1.165) is 58.2 Å². The Bertz CT molecular complexity index is 2050. The van der Waals surface area contributed by atoms with Crippen molar-refractivity contribution in [1.82, 2.24) is 14.9 Å². The number of oxazole rings is 2. The number of halogens is 2. The van der Waals surface area contributed by atoms with Crippen LogP contribution in [-0.4, -0.2) is 45.5 Å². The first-order valence-corrected chi connectivity index (χ1v) is 14.8. The van der Waals surface area contributed by atoms with Crippen LogP contribution in [0.3, 0.4) is 0 Å². The number of aldehydes is 1. The van der Waals surface area contributed by atoms with Crippen molar-refractivity contribution in [2.45, 2.75) is 32.9 Å². The number of rotatable bonds is 6. The smallest absolute Gasteiger partial charge is 0.227 e. The predicted octanol–water partition coefficient (Wildman–Crippen LogP) is 8.27. The van der Waals surface area contributed by atoms with Gasteiger partial charge in [-0.2, -0.15) is 0 Å². The summed E-state index contributed by atoms with van der Waals surface area (Å²) >= 11 is 13.0. The molecule has 6 aromatic rings. The van der Waals surface area contributed by atoms with Crippen LogP contribution in [0.5, 0.6) is 0 Å². The van der Waals surface area contributed by atoms with E-state index in [-0.39, 0.29) is 6.10 Å².